The molecule has 4 heteroatoms. The number of rotatable bonds is 4. The number of aliphatic hydroxyl groups excluding tert-OH is 1. The zero-order chi connectivity index (χ0) is 10.6. The van der Waals surface area contributed by atoms with Crippen molar-refractivity contribution in [3.63, 3.8) is 0 Å². The van der Waals surface area contributed by atoms with Crippen molar-refractivity contribution >= 4 is 36.2 Å². The highest BCUT2D eigenvalue weighted by Gasteiger charge is 2.09. The zero-order valence-corrected chi connectivity index (χ0v) is 10.8. The predicted molar refractivity (Wildman–Crippen MR) is 67.6 cm³/mol. The van der Waals surface area contributed by atoms with Gasteiger partial charge < -0.3 is 5.11 Å². The molecule has 1 rings (SSSR count). The number of benzene rings is 1. The molecule has 0 bridgehead atoms. The van der Waals surface area contributed by atoms with E-state index in [9.17, 15) is 5.11 Å². The van der Waals surface area contributed by atoms with Gasteiger partial charge >= 0.3 is 0 Å². The van der Waals surface area contributed by atoms with Crippen LogP contribution < -0.4 is 0 Å². The molecular formula is C10H14OS3. The van der Waals surface area contributed by atoms with Crippen molar-refractivity contribution in [1.29, 1.82) is 0 Å². The van der Waals surface area contributed by atoms with Gasteiger partial charge in [-0.15, -0.1) is 24.4 Å². The Morgan fingerprint density at radius 3 is 2.79 bits per heavy atom. The molecule has 1 aromatic carbocycles. The van der Waals surface area contributed by atoms with Gasteiger partial charge in [-0.1, -0.05) is 24.8 Å². The van der Waals surface area contributed by atoms with Crippen molar-refractivity contribution in [2.45, 2.75) is 34.0 Å². The summed E-state index contributed by atoms with van der Waals surface area (Å²) in [5.41, 5.74) is -0.389. The van der Waals surface area contributed by atoms with E-state index in [1.165, 1.54) is 16.7 Å². The Bertz CT molecular complexity index is 299. The summed E-state index contributed by atoms with van der Waals surface area (Å²) in [7, 11) is 0. The molecule has 1 N–H and O–H groups in total. The van der Waals surface area contributed by atoms with E-state index in [1.807, 2.05) is 12.1 Å². The van der Waals surface area contributed by atoms with Gasteiger partial charge in [-0.2, -0.15) is 0 Å². The molecule has 0 radical (unpaired) electrons. The van der Waals surface area contributed by atoms with Crippen LogP contribution in [0, 0.1) is 0 Å². The Hall–Kier alpha value is 0.230. The molecule has 0 aliphatic carbocycles. The van der Waals surface area contributed by atoms with Crippen LogP contribution in [0.5, 0.6) is 0 Å². The molecule has 0 aliphatic heterocycles. The van der Waals surface area contributed by atoms with Crippen LogP contribution >= 0.6 is 36.2 Å². The summed E-state index contributed by atoms with van der Waals surface area (Å²) in [4.78, 5) is 3.22. The molecule has 0 fully saturated rings. The third-order valence-electron chi connectivity index (χ3n) is 1.55. The Morgan fingerprint density at radius 2 is 2.21 bits per heavy atom. The minimum Gasteiger partial charge on any atom is -0.382 e. The van der Waals surface area contributed by atoms with E-state index in [1.54, 1.807) is 18.7 Å². The molecule has 1 atom stereocenters. The first-order chi connectivity index (χ1) is 6.65. The summed E-state index contributed by atoms with van der Waals surface area (Å²) in [6.45, 7) is 3.89. The minimum absolute atomic E-state index is 0.389. The highest BCUT2D eigenvalue weighted by atomic mass is 32.2. The number of hydrogen-bond acceptors (Lipinski definition) is 4. The van der Waals surface area contributed by atoms with Gasteiger partial charge in [-0.3, -0.25) is 0 Å². The van der Waals surface area contributed by atoms with Crippen molar-refractivity contribution in [1.82, 2.24) is 0 Å². The number of hydrogen-bond donors (Lipinski definition) is 2. The van der Waals surface area contributed by atoms with Crippen molar-refractivity contribution < 1.29 is 5.11 Å². The molecule has 1 nitrogen and oxygen atoms in total. The molecule has 0 heterocycles. The van der Waals surface area contributed by atoms with Gasteiger partial charge in [0.05, 0.1) is 0 Å². The molecular weight excluding hydrogens is 232 g/mol. The molecule has 0 aliphatic rings. The maximum Gasteiger partial charge on any atom is 0.101 e. The molecule has 0 saturated heterocycles. The van der Waals surface area contributed by atoms with Gasteiger partial charge in [-0.25, -0.2) is 0 Å². The second-order valence-corrected chi connectivity index (χ2v) is 5.87. The first kappa shape index (κ1) is 12.3. The van der Waals surface area contributed by atoms with E-state index in [4.69, 9.17) is 0 Å². The van der Waals surface area contributed by atoms with Crippen molar-refractivity contribution in [3.8, 4) is 0 Å². The summed E-state index contributed by atoms with van der Waals surface area (Å²) in [5.74, 6) is 1.03. The van der Waals surface area contributed by atoms with Crippen LogP contribution in [0.1, 0.15) is 13.8 Å². The Kier molecular flexibility index (Phi) is 5.23. The molecule has 0 amide bonds. The molecule has 0 aromatic heterocycles. The quantitative estimate of drug-likeness (QED) is 0.482. The standard InChI is InChI=1S/C10H14OS3/c1-3-13-9-6-4-5-8(12)10(9)14-7(2)11/h4-7,11-12H,3H2,1-2H3. The zero-order valence-electron chi connectivity index (χ0n) is 8.23. The highest BCUT2D eigenvalue weighted by Crippen LogP contribution is 2.36. The minimum atomic E-state index is -0.389. The second-order valence-electron chi connectivity index (χ2n) is 2.75. The molecule has 0 spiro atoms. The number of aliphatic hydroxyl groups is 1. The molecule has 1 unspecified atom stereocenters. The Labute approximate surface area is 99.1 Å². The average Bonchev–Trinajstić information content (AvgIpc) is 2.11. The van der Waals surface area contributed by atoms with Crippen LogP contribution in [0.2, 0.25) is 0 Å². The second kappa shape index (κ2) is 5.95. The van der Waals surface area contributed by atoms with E-state index in [2.05, 4.69) is 25.6 Å². The highest BCUT2D eigenvalue weighted by molar-refractivity contribution is 8.02. The van der Waals surface area contributed by atoms with Gasteiger partial charge in [0.1, 0.15) is 5.44 Å². The van der Waals surface area contributed by atoms with Crippen LogP contribution in [0.25, 0.3) is 0 Å². The topological polar surface area (TPSA) is 20.2 Å². The van der Waals surface area contributed by atoms with Gasteiger partial charge in [0.2, 0.25) is 0 Å². The Morgan fingerprint density at radius 1 is 1.50 bits per heavy atom. The lowest BCUT2D eigenvalue weighted by Gasteiger charge is -2.11. The largest absolute Gasteiger partial charge is 0.382 e. The number of thiol groups is 1. The summed E-state index contributed by atoms with van der Waals surface area (Å²) in [5, 5.41) is 9.34. The van der Waals surface area contributed by atoms with Crippen LogP contribution in [-0.2, 0) is 0 Å². The Balaban J connectivity index is 2.96. The smallest absolute Gasteiger partial charge is 0.101 e. The van der Waals surface area contributed by atoms with Crippen LogP contribution in [0.4, 0.5) is 0 Å². The molecule has 14 heavy (non-hydrogen) atoms. The van der Waals surface area contributed by atoms with Crippen molar-refractivity contribution in [3.05, 3.63) is 18.2 Å². The molecule has 0 saturated carbocycles. The van der Waals surface area contributed by atoms with E-state index in [0.29, 0.717) is 0 Å². The monoisotopic (exact) mass is 246 g/mol. The maximum atomic E-state index is 9.34. The van der Waals surface area contributed by atoms with Crippen LogP contribution in [0.3, 0.4) is 0 Å². The predicted octanol–water partition coefficient (Wildman–Crippen LogP) is 3.52. The fourth-order valence-electron chi connectivity index (χ4n) is 1.06. The lowest BCUT2D eigenvalue weighted by molar-refractivity contribution is 0.283. The maximum absolute atomic E-state index is 9.34. The summed E-state index contributed by atoms with van der Waals surface area (Å²) in [6.07, 6.45) is 0. The molecule has 1 aromatic rings. The fraction of sp³-hybridized carbons (Fsp3) is 0.400. The summed E-state index contributed by atoms with van der Waals surface area (Å²) >= 11 is 7.62. The van der Waals surface area contributed by atoms with Gasteiger partial charge in [0, 0.05) is 14.7 Å². The first-order valence-electron chi connectivity index (χ1n) is 4.44. The average molecular weight is 246 g/mol. The fourth-order valence-corrected chi connectivity index (χ4v) is 3.26. The van der Waals surface area contributed by atoms with Crippen molar-refractivity contribution in [2.24, 2.45) is 0 Å². The lowest BCUT2D eigenvalue weighted by atomic mass is 10.4. The first-order valence-corrected chi connectivity index (χ1v) is 6.76. The van der Waals surface area contributed by atoms with E-state index >= 15 is 0 Å². The van der Waals surface area contributed by atoms with E-state index in [0.717, 1.165) is 15.5 Å². The van der Waals surface area contributed by atoms with Gasteiger partial charge in [0.15, 0.2) is 0 Å². The van der Waals surface area contributed by atoms with Gasteiger partial charge in [-0.05, 0) is 24.8 Å². The number of thioether (sulfide) groups is 2. The van der Waals surface area contributed by atoms with E-state index < -0.39 is 0 Å². The van der Waals surface area contributed by atoms with Crippen LogP contribution in [0.15, 0.2) is 32.9 Å². The normalized spacial score (nSPS) is 12.9. The summed E-state index contributed by atoms with van der Waals surface area (Å²) < 4.78 is 0. The summed E-state index contributed by atoms with van der Waals surface area (Å²) in [6, 6.07) is 6.01. The van der Waals surface area contributed by atoms with Crippen LogP contribution in [-0.4, -0.2) is 16.3 Å². The molecule has 78 valence electrons. The lowest BCUT2D eigenvalue weighted by Crippen LogP contribution is -1.93. The van der Waals surface area contributed by atoms with Crippen molar-refractivity contribution in [2.75, 3.05) is 5.75 Å². The SMILES string of the molecule is CCSc1cccc(S)c1SC(C)O. The third-order valence-corrected chi connectivity index (χ3v) is 4.16. The van der Waals surface area contributed by atoms with Gasteiger partial charge in [0.25, 0.3) is 0 Å². The van der Waals surface area contributed by atoms with E-state index in [-0.39, 0.29) is 5.44 Å². The third kappa shape index (κ3) is 3.42.